The van der Waals surface area contributed by atoms with Crippen molar-refractivity contribution in [2.45, 2.75) is 12.7 Å². The summed E-state index contributed by atoms with van der Waals surface area (Å²) in [6, 6.07) is 12.0. The number of rotatable bonds is 7. The van der Waals surface area contributed by atoms with E-state index in [-0.39, 0.29) is 25.3 Å². The first-order valence-electron chi connectivity index (χ1n) is 8.86. The molecule has 1 heterocycles. The third-order valence-electron chi connectivity index (χ3n) is 4.44. The summed E-state index contributed by atoms with van der Waals surface area (Å²) in [7, 11) is 1.48. The van der Waals surface area contributed by atoms with Crippen molar-refractivity contribution in [3.8, 4) is 0 Å². The lowest BCUT2D eigenvalue weighted by Gasteiger charge is -2.10. The molecule has 0 aliphatic rings. The largest absolute Gasteiger partial charge is 0.416 e. The number of ketones is 1. The molecule has 1 N–H and O–H groups in total. The van der Waals surface area contributed by atoms with E-state index in [0.29, 0.717) is 16.5 Å². The Balaban J connectivity index is 1.93. The second-order valence-electron chi connectivity index (χ2n) is 6.46. The normalized spacial score (nSPS) is 11.6. The van der Waals surface area contributed by atoms with Gasteiger partial charge in [0.15, 0.2) is 0 Å². The number of nitrogens with zero attached hydrogens (tertiary/aromatic N) is 1. The fraction of sp³-hybridized carbons (Fsp3) is 0.238. The predicted octanol–water partition coefficient (Wildman–Crippen LogP) is 3.65. The van der Waals surface area contributed by atoms with E-state index in [1.165, 1.54) is 19.4 Å². The minimum absolute atomic E-state index is 0.128. The third-order valence-corrected chi connectivity index (χ3v) is 4.44. The van der Waals surface area contributed by atoms with Crippen LogP contribution in [0.1, 0.15) is 21.5 Å². The molecule has 0 radical (unpaired) electrons. The molecule has 0 bridgehead atoms. The standard InChI is InChI=1S/C21H19F3N2O3/c1-29-10-9-25-20(28)19(27)17-13-26(18-8-3-2-7-16(17)18)12-14-5-4-6-15(11-14)21(22,23)24/h2-8,11,13H,9-10,12H2,1H3,(H,25,28). The quantitative estimate of drug-likeness (QED) is 0.372. The monoisotopic (exact) mass is 404 g/mol. The Kier molecular flexibility index (Phi) is 6.03. The van der Waals surface area contributed by atoms with E-state index in [1.807, 2.05) is 0 Å². The third kappa shape index (κ3) is 4.65. The van der Waals surface area contributed by atoms with E-state index in [4.69, 9.17) is 4.74 Å². The topological polar surface area (TPSA) is 60.3 Å². The number of nitrogens with one attached hydrogen (secondary N) is 1. The van der Waals surface area contributed by atoms with Crippen molar-refractivity contribution in [2.75, 3.05) is 20.3 Å². The molecule has 0 fully saturated rings. The van der Waals surface area contributed by atoms with E-state index in [9.17, 15) is 22.8 Å². The Labute approximate surface area is 165 Å². The van der Waals surface area contributed by atoms with Gasteiger partial charge in [-0.15, -0.1) is 0 Å². The molecule has 3 rings (SSSR count). The first-order chi connectivity index (χ1) is 13.8. The number of halogens is 3. The first kappa shape index (κ1) is 20.6. The first-order valence-corrected chi connectivity index (χ1v) is 8.86. The van der Waals surface area contributed by atoms with E-state index in [2.05, 4.69) is 5.32 Å². The van der Waals surface area contributed by atoms with E-state index in [0.717, 1.165) is 12.1 Å². The summed E-state index contributed by atoms with van der Waals surface area (Å²) in [6.45, 7) is 0.600. The van der Waals surface area contributed by atoms with Crippen molar-refractivity contribution in [3.05, 3.63) is 71.4 Å². The van der Waals surface area contributed by atoms with Crippen molar-refractivity contribution in [1.29, 1.82) is 0 Å². The van der Waals surface area contributed by atoms with Gasteiger partial charge >= 0.3 is 6.18 Å². The zero-order valence-electron chi connectivity index (χ0n) is 15.6. The molecule has 1 aromatic heterocycles. The Morgan fingerprint density at radius 1 is 1.10 bits per heavy atom. The van der Waals surface area contributed by atoms with Crippen LogP contribution in [0.5, 0.6) is 0 Å². The zero-order valence-corrected chi connectivity index (χ0v) is 15.6. The number of carbonyl (C=O) groups excluding carboxylic acids is 2. The van der Waals surface area contributed by atoms with Crippen molar-refractivity contribution in [3.63, 3.8) is 0 Å². The Hall–Kier alpha value is -3.13. The number of ether oxygens (including phenoxy) is 1. The van der Waals surface area contributed by atoms with Crippen molar-refractivity contribution in [2.24, 2.45) is 0 Å². The Bertz CT molecular complexity index is 1040. The van der Waals surface area contributed by atoms with Crippen molar-refractivity contribution in [1.82, 2.24) is 9.88 Å². The number of fused-ring (bicyclic) bond motifs is 1. The molecule has 0 aliphatic carbocycles. The Morgan fingerprint density at radius 2 is 1.86 bits per heavy atom. The maximum absolute atomic E-state index is 13.0. The number of aromatic nitrogens is 1. The van der Waals surface area contributed by atoms with Crippen LogP contribution >= 0.6 is 0 Å². The molecule has 1 amide bonds. The second-order valence-corrected chi connectivity index (χ2v) is 6.46. The summed E-state index contributed by atoms with van der Waals surface area (Å²) in [5.41, 5.74) is 0.546. The maximum atomic E-state index is 13.0. The van der Waals surface area contributed by atoms with Gasteiger partial charge in [-0.3, -0.25) is 9.59 Å². The number of methoxy groups -OCH3 is 1. The highest BCUT2D eigenvalue weighted by molar-refractivity contribution is 6.45. The highest BCUT2D eigenvalue weighted by Crippen LogP contribution is 2.30. The fourth-order valence-electron chi connectivity index (χ4n) is 3.07. The predicted molar refractivity (Wildman–Crippen MR) is 102 cm³/mol. The van der Waals surface area contributed by atoms with Crippen LogP contribution in [0.4, 0.5) is 13.2 Å². The number of hydrogen-bond acceptors (Lipinski definition) is 3. The number of benzene rings is 2. The van der Waals surface area contributed by atoms with Crippen LogP contribution in [-0.4, -0.2) is 36.5 Å². The summed E-state index contributed by atoms with van der Waals surface area (Å²) in [5.74, 6) is -1.47. The second kappa shape index (κ2) is 8.48. The molecule has 0 spiro atoms. The van der Waals surface area contributed by atoms with Gasteiger partial charge in [0, 0.05) is 37.3 Å². The fourth-order valence-corrected chi connectivity index (χ4v) is 3.07. The van der Waals surface area contributed by atoms with Gasteiger partial charge in [0.1, 0.15) is 0 Å². The van der Waals surface area contributed by atoms with Crippen LogP contribution in [0.25, 0.3) is 10.9 Å². The van der Waals surface area contributed by atoms with Gasteiger partial charge in [0.2, 0.25) is 0 Å². The lowest BCUT2D eigenvalue weighted by molar-refractivity contribution is -0.137. The summed E-state index contributed by atoms with van der Waals surface area (Å²) in [6.07, 6.45) is -2.93. The van der Waals surface area contributed by atoms with E-state index in [1.54, 1.807) is 34.9 Å². The van der Waals surface area contributed by atoms with Crippen LogP contribution in [0.2, 0.25) is 0 Å². The van der Waals surface area contributed by atoms with Gasteiger partial charge in [-0.05, 0) is 23.8 Å². The molecule has 2 aromatic carbocycles. The molecule has 5 nitrogen and oxygen atoms in total. The number of carbonyl (C=O) groups is 2. The summed E-state index contributed by atoms with van der Waals surface area (Å²) < 4.78 is 45.5. The van der Waals surface area contributed by atoms with Gasteiger partial charge in [-0.1, -0.05) is 30.3 Å². The Morgan fingerprint density at radius 3 is 2.59 bits per heavy atom. The highest BCUT2D eigenvalue weighted by atomic mass is 19.4. The average Bonchev–Trinajstić information content (AvgIpc) is 3.05. The lowest BCUT2D eigenvalue weighted by atomic mass is 10.1. The molecule has 0 aliphatic heterocycles. The van der Waals surface area contributed by atoms with Gasteiger partial charge in [0.25, 0.3) is 11.7 Å². The minimum atomic E-state index is -4.43. The molecule has 0 saturated heterocycles. The summed E-state index contributed by atoms with van der Waals surface area (Å²) in [5, 5.41) is 3.04. The summed E-state index contributed by atoms with van der Waals surface area (Å²) >= 11 is 0. The molecule has 3 aromatic rings. The molecule has 0 atom stereocenters. The minimum Gasteiger partial charge on any atom is -0.383 e. The molecular weight excluding hydrogens is 385 g/mol. The highest BCUT2D eigenvalue weighted by Gasteiger charge is 2.30. The van der Waals surface area contributed by atoms with Crippen molar-refractivity contribution < 1.29 is 27.5 Å². The van der Waals surface area contributed by atoms with E-state index >= 15 is 0 Å². The van der Waals surface area contributed by atoms with Crippen LogP contribution < -0.4 is 5.32 Å². The van der Waals surface area contributed by atoms with Gasteiger partial charge in [0.05, 0.1) is 17.7 Å². The molecular formula is C21H19F3N2O3. The molecule has 8 heteroatoms. The molecule has 0 saturated carbocycles. The van der Waals surface area contributed by atoms with Crippen LogP contribution in [0, 0.1) is 0 Å². The van der Waals surface area contributed by atoms with Crippen LogP contribution in [0.15, 0.2) is 54.7 Å². The number of alkyl halides is 3. The SMILES string of the molecule is COCCNC(=O)C(=O)c1cn(Cc2cccc(C(F)(F)F)c2)c2ccccc12. The zero-order chi connectivity index (χ0) is 21.0. The van der Waals surface area contributed by atoms with Gasteiger partial charge < -0.3 is 14.6 Å². The molecule has 0 unspecified atom stereocenters. The van der Waals surface area contributed by atoms with Crippen LogP contribution in [-0.2, 0) is 22.3 Å². The average molecular weight is 404 g/mol. The van der Waals surface area contributed by atoms with Crippen LogP contribution in [0.3, 0.4) is 0 Å². The maximum Gasteiger partial charge on any atom is 0.416 e. The smallest absolute Gasteiger partial charge is 0.383 e. The van der Waals surface area contributed by atoms with Crippen molar-refractivity contribution >= 4 is 22.6 Å². The van der Waals surface area contributed by atoms with Gasteiger partial charge in [-0.25, -0.2) is 0 Å². The molecule has 152 valence electrons. The molecule has 29 heavy (non-hydrogen) atoms. The lowest BCUT2D eigenvalue weighted by Crippen LogP contribution is -2.33. The number of amides is 1. The number of Topliss-reactive ketones (excluding diaryl/α,β-unsaturated/α-hetero) is 1. The number of para-hydroxylation sites is 1. The number of hydrogen-bond donors (Lipinski definition) is 1. The van der Waals surface area contributed by atoms with Gasteiger partial charge in [-0.2, -0.15) is 13.2 Å². The van der Waals surface area contributed by atoms with E-state index < -0.39 is 23.4 Å². The summed E-state index contributed by atoms with van der Waals surface area (Å²) in [4.78, 5) is 24.7.